The van der Waals surface area contributed by atoms with Gasteiger partial charge in [-0.05, 0) is 41.8 Å². The average molecular weight is 276 g/mol. The Balaban J connectivity index is 0.00000133. The van der Waals surface area contributed by atoms with Gasteiger partial charge in [-0.25, -0.2) is 0 Å². The molecular weight excluding hydrogens is 258 g/mol. The molecule has 0 atom stereocenters. The van der Waals surface area contributed by atoms with E-state index in [1.807, 2.05) is 18.2 Å². The number of benzene rings is 2. The summed E-state index contributed by atoms with van der Waals surface area (Å²) in [7, 11) is 0. The third kappa shape index (κ3) is 3.49. The predicted octanol–water partition coefficient (Wildman–Crippen LogP) is 3.33. The van der Waals surface area contributed by atoms with Crippen LogP contribution in [0.4, 0.5) is 0 Å². The van der Waals surface area contributed by atoms with E-state index in [-0.39, 0.29) is 12.4 Å². The minimum absolute atomic E-state index is 0. The van der Waals surface area contributed by atoms with Crippen molar-refractivity contribution in [3.05, 3.63) is 65.2 Å². The van der Waals surface area contributed by atoms with E-state index in [4.69, 9.17) is 4.74 Å². The number of fused-ring (bicyclic) bond motifs is 1. The van der Waals surface area contributed by atoms with Crippen molar-refractivity contribution in [1.82, 2.24) is 5.32 Å². The summed E-state index contributed by atoms with van der Waals surface area (Å²) >= 11 is 0. The lowest BCUT2D eigenvalue weighted by molar-refractivity contribution is 0.305. The van der Waals surface area contributed by atoms with Gasteiger partial charge in [0.25, 0.3) is 0 Å². The number of halogens is 1. The fraction of sp³-hybridized carbons (Fsp3) is 0.250. The second kappa shape index (κ2) is 6.60. The van der Waals surface area contributed by atoms with Crippen LogP contribution in [0.1, 0.15) is 16.7 Å². The van der Waals surface area contributed by atoms with Crippen molar-refractivity contribution in [3.63, 3.8) is 0 Å². The number of rotatable bonds is 3. The maximum absolute atomic E-state index is 5.83. The van der Waals surface area contributed by atoms with Gasteiger partial charge in [-0.1, -0.05) is 36.4 Å². The largest absolute Gasteiger partial charge is 0.489 e. The van der Waals surface area contributed by atoms with Gasteiger partial charge in [0.15, 0.2) is 0 Å². The maximum atomic E-state index is 5.83. The predicted molar refractivity (Wildman–Crippen MR) is 79.9 cm³/mol. The Morgan fingerprint density at radius 1 is 1.00 bits per heavy atom. The first kappa shape index (κ1) is 13.9. The SMILES string of the molecule is Cl.c1ccc(COc2ccc3c(c2)CNCC3)cc1. The summed E-state index contributed by atoms with van der Waals surface area (Å²) in [6.45, 7) is 2.67. The Bertz CT molecular complexity index is 528. The molecule has 0 saturated heterocycles. The summed E-state index contributed by atoms with van der Waals surface area (Å²) in [5.74, 6) is 0.960. The molecule has 0 aromatic heterocycles. The Hall–Kier alpha value is -1.51. The molecule has 0 radical (unpaired) electrons. The number of nitrogens with one attached hydrogen (secondary N) is 1. The highest BCUT2D eigenvalue weighted by molar-refractivity contribution is 5.85. The molecule has 0 aliphatic carbocycles. The second-order valence-corrected chi connectivity index (χ2v) is 4.63. The van der Waals surface area contributed by atoms with E-state index in [0.29, 0.717) is 6.61 Å². The van der Waals surface area contributed by atoms with Gasteiger partial charge in [-0.15, -0.1) is 12.4 Å². The van der Waals surface area contributed by atoms with Crippen LogP contribution in [0.25, 0.3) is 0 Å². The summed E-state index contributed by atoms with van der Waals surface area (Å²) in [6, 6.07) is 16.7. The van der Waals surface area contributed by atoms with E-state index in [0.717, 1.165) is 25.3 Å². The van der Waals surface area contributed by atoms with E-state index < -0.39 is 0 Å². The number of ether oxygens (including phenoxy) is 1. The Kier molecular flexibility index (Phi) is 4.83. The van der Waals surface area contributed by atoms with Crippen LogP contribution in [0, 0.1) is 0 Å². The van der Waals surface area contributed by atoms with Crippen LogP contribution in [-0.4, -0.2) is 6.54 Å². The first-order valence-corrected chi connectivity index (χ1v) is 6.41. The van der Waals surface area contributed by atoms with Gasteiger partial charge in [0.05, 0.1) is 0 Å². The zero-order valence-electron chi connectivity index (χ0n) is 10.8. The van der Waals surface area contributed by atoms with E-state index in [9.17, 15) is 0 Å². The first-order chi connectivity index (χ1) is 8.92. The molecule has 1 N–H and O–H groups in total. The highest BCUT2D eigenvalue weighted by Crippen LogP contribution is 2.21. The topological polar surface area (TPSA) is 21.3 Å². The molecule has 19 heavy (non-hydrogen) atoms. The smallest absolute Gasteiger partial charge is 0.120 e. The average Bonchev–Trinajstić information content (AvgIpc) is 2.46. The highest BCUT2D eigenvalue weighted by Gasteiger charge is 2.09. The van der Waals surface area contributed by atoms with Gasteiger partial charge in [0.2, 0.25) is 0 Å². The fourth-order valence-electron chi connectivity index (χ4n) is 2.29. The molecule has 0 spiro atoms. The standard InChI is InChI=1S/C16H17NO.ClH/c1-2-4-13(5-3-1)12-18-16-7-6-14-8-9-17-11-15(14)10-16;/h1-7,10,17H,8-9,11-12H2;1H. The Labute approximate surface area is 120 Å². The molecule has 3 heteroatoms. The third-order valence-corrected chi connectivity index (χ3v) is 3.31. The van der Waals surface area contributed by atoms with Crippen molar-refractivity contribution >= 4 is 12.4 Å². The van der Waals surface area contributed by atoms with E-state index >= 15 is 0 Å². The molecule has 0 fully saturated rings. The van der Waals surface area contributed by atoms with Gasteiger partial charge >= 0.3 is 0 Å². The van der Waals surface area contributed by atoms with Crippen LogP contribution in [0.3, 0.4) is 0 Å². The molecule has 1 aliphatic heterocycles. The monoisotopic (exact) mass is 275 g/mol. The number of hydrogen-bond acceptors (Lipinski definition) is 2. The molecule has 0 unspecified atom stereocenters. The molecular formula is C16H18ClNO. The van der Waals surface area contributed by atoms with Crippen molar-refractivity contribution < 1.29 is 4.74 Å². The van der Waals surface area contributed by atoms with Gasteiger partial charge in [0, 0.05) is 6.54 Å². The molecule has 0 saturated carbocycles. The molecule has 2 nitrogen and oxygen atoms in total. The summed E-state index contributed by atoms with van der Waals surface area (Å²) in [5, 5.41) is 3.39. The van der Waals surface area contributed by atoms with Gasteiger partial charge < -0.3 is 10.1 Å². The number of hydrogen-bond donors (Lipinski definition) is 1. The lowest BCUT2D eigenvalue weighted by Crippen LogP contribution is -2.23. The Morgan fingerprint density at radius 2 is 1.84 bits per heavy atom. The Morgan fingerprint density at radius 3 is 2.68 bits per heavy atom. The van der Waals surface area contributed by atoms with Crippen LogP contribution in [0.5, 0.6) is 5.75 Å². The zero-order chi connectivity index (χ0) is 12.2. The lowest BCUT2D eigenvalue weighted by atomic mass is 10.0. The summed E-state index contributed by atoms with van der Waals surface area (Å²) < 4.78 is 5.83. The first-order valence-electron chi connectivity index (χ1n) is 6.41. The van der Waals surface area contributed by atoms with Crippen LogP contribution in [-0.2, 0) is 19.6 Å². The van der Waals surface area contributed by atoms with Crippen molar-refractivity contribution in [3.8, 4) is 5.75 Å². The molecule has 100 valence electrons. The second-order valence-electron chi connectivity index (χ2n) is 4.63. The summed E-state index contributed by atoms with van der Waals surface area (Å²) in [4.78, 5) is 0. The van der Waals surface area contributed by atoms with Crippen LogP contribution < -0.4 is 10.1 Å². The fourth-order valence-corrected chi connectivity index (χ4v) is 2.29. The van der Waals surface area contributed by atoms with Crippen LogP contribution in [0.2, 0.25) is 0 Å². The molecule has 1 aliphatic rings. The highest BCUT2D eigenvalue weighted by atomic mass is 35.5. The molecule has 1 heterocycles. The van der Waals surface area contributed by atoms with Gasteiger partial charge in [0.1, 0.15) is 12.4 Å². The van der Waals surface area contributed by atoms with Gasteiger partial charge in [-0.3, -0.25) is 0 Å². The minimum Gasteiger partial charge on any atom is -0.489 e. The maximum Gasteiger partial charge on any atom is 0.120 e. The van der Waals surface area contributed by atoms with E-state index in [1.54, 1.807) is 0 Å². The van der Waals surface area contributed by atoms with Crippen molar-refractivity contribution in [2.24, 2.45) is 0 Å². The van der Waals surface area contributed by atoms with Gasteiger partial charge in [-0.2, -0.15) is 0 Å². The van der Waals surface area contributed by atoms with E-state index in [1.165, 1.54) is 16.7 Å². The molecule has 0 amide bonds. The molecule has 2 aromatic rings. The van der Waals surface area contributed by atoms with Crippen molar-refractivity contribution in [2.75, 3.05) is 6.54 Å². The third-order valence-electron chi connectivity index (χ3n) is 3.31. The van der Waals surface area contributed by atoms with Crippen LogP contribution in [0.15, 0.2) is 48.5 Å². The molecule has 3 rings (SSSR count). The minimum atomic E-state index is 0. The normalized spacial score (nSPS) is 13.3. The quantitative estimate of drug-likeness (QED) is 0.928. The lowest BCUT2D eigenvalue weighted by Gasteiger charge is -2.18. The summed E-state index contributed by atoms with van der Waals surface area (Å²) in [6.07, 6.45) is 1.12. The summed E-state index contributed by atoms with van der Waals surface area (Å²) in [5.41, 5.74) is 4.01. The van der Waals surface area contributed by atoms with Crippen LogP contribution >= 0.6 is 12.4 Å². The molecule has 0 bridgehead atoms. The van der Waals surface area contributed by atoms with E-state index in [2.05, 4.69) is 35.6 Å². The van der Waals surface area contributed by atoms with Crippen molar-refractivity contribution in [2.45, 2.75) is 19.6 Å². The zero-order valence-corrected chi connectivity index (χ0v) is 11.6. The molecule has 2 aromatic carbocycles. The van der Waals surface area contributed by atoms with Crippen molar-refractivity contribution in [1.29, 1.82) is 0 Å².